The third-order valence-electron chi connectivity index (χ3n) is 3.69. The van der Waals surface area contributed by atoms with Gasteiger partial charge in [0.05, 0.1) is 27.8 Å². The highest BCUT2D eigenvalue weighted by molar-refractivity contribution is 9.10. The average Bonchev–Trinajstić information content (AvgIpc) is 3.17. The molecule has 0 aliphatic heterocycles. The Morgan fingerprint density at radius 2 is 1.85 bits per heavy atom. The number of rotatable bonds is 6. The molecule has 2 rings (SSSR count). The summed E-state index contributed by atoms with van der Waals surface area (Å²) in [4.78, 5) is 11.1. The minimum atomic E-state index is -0.810. The number of carbonyl (C=O) groups is 1. The standard InChI is InChI=1S/C14H17BrO5/c1-18-9-6-8(14(4-5-14)7-10(16)17)12(19-2)11(15)13(9)20-3/h6H,4-5,7H2,1-3H3,(H,16,17). The Kier molecular flexibility index (Phi) is 4.13. The number of ether oxygens (including phenoxy) is 3. The fourth-order valence-electron chi connectivity index (χ4n) is 2.51. The van der Waals surface area contributed by atoms with Crippen molar-refractivity contribution >= 4 is 21.9 Å². The zero-order chi connectivity index (χ0) is 14.9. The maximum absolute atomic E-state index is 11.1. The number of carboxylic acids is 1. The van der Waals surface area contributed by atoms with Crippen LogP contribution in [0.3, 0.4) is 0 Å². The molecule has 0 atom stereocenters. The van der Waals surface area contributed by atoms with Crippen molar-refractivity contribution < 1.29 is 24.1 Å². The van der Waals surface area contributed by atoms with Crippen LogP contribution in [-0.2, 0) is 10.2 Å². The molecule has 1 aromatic rings. The van der Waals surface area contributed by atoms with Crippen molar-refractivity contribution in [2.75, 3.05) is 21.3 Å². The van der Waals surface area contributed by atoms with Gasteiger partial charge in [-0.15, -0.1) is 0 Å². The summed E-state index contributed by atoms with van der Waals surface area (Å²) in [6.07, 6.45) is 1.75. The van der Waals surface area contributed by atoms with Gasteiger partial charge >= 0.3 is 5.97 Å². The summed E-state index contributed by atoms with van der Waals surface area (Å²) in [5.74, 6) is 0.905. The molecule has 1 saturated carbocycles. The number of hydrogen-bond acceptors (Lipinski definition) is 4. The molecule has 0 bridgehead atoms. The maximum atomic E-state index is 11.1. The summed E-state index contributed by atoms with van der Waals surface area (Å²) in [5, 5.41) is 9.10. The number of aliphatic carboxylic acids is 1. The predicted octanol–water partition coefficient (Wildman–Crippen LogP) is 2.98. The summed E-state index contributed by atoms with van der Waals surface area (Å²) < 4.78 is 16.7. The van der Waals surface area contributed by atoms with E-state index >= 15 is 0 Å². The summed E-state index contributed by atoms with van der Waals surface area (Å²) in [7, 11) is 4.66. The van der Waals surface area contributed by atoms with Crippen molar-refractivity contribution in [1.82, 2.24) is 0 Å². The Bertz CT molecular complexity index is 537. The van der Waals surface area contributed by atoms with Crippen molar-refractivity contribution in [3.8, 4) is 17.2 Å². The fraction of sp³-hybridized carbons (Fsp3) is 0.500. The largest absolute Gasteiger partial charge is 0.495 e. The van der Waals surface area contributed by atoms with Gasteiger partial charge in [-0.25, -0.2) is 0 Å². The van der Waals surface area contributed by atoms with Gasteiger partial charge in [-0.2, -0.15) is 0 Å². The molecule has 0 heterocycles. The smallest absolute Gasteiger partial charge is 0.304 e. The van der Waals surface area contributed by atoms with E-state index in [1.807, 2.05) is 6.07 Å². The molecular formula is C14H17BrO5. The number of carboxylic acid groups (broad SMARTS) is 1. The van der Waals surface area contributed by atoms with E-state index in [2.05, 4.69) is 15.9 Å². The van der Waals surface area contributed by atoms with Crippen LogP contribution in [0, 0.1) is 0 Å². The number of halogens is 1. The minimum absolute atomic E-state index is 0.0886. The highest BCUT2D eigenvalue weighted by Crippen LogP contribution is 2.58. The first-order valence-electron chi connectivity index (χ1n) is 6.20. The Hall–Kier alpha value is -1.43. The molecule has 6 heteroatoms. The van der Waals surface area contributed by atoms with Crippen LogP contribution in [-0.4, -0.2) is 32.4 Å². The monoisotopic (exact) mass is 344 g/mol. The minimum Gasteiger partial charge on any atom is -0.495 e. The van der Waals surface area contributed by atoms with Gasteiger partial charge in [-0.3, -0.25) is 4.79 Å². The lowest BCUT2D eigenvalue weighted by Crippen LogP contribution is -2.15. The third kappa shape index (κ3) is 2.44. The molecule has 0 amide bonds. The van der Waals surface area contributed by atoms with Crippen LogP contribution in [0.4, 0.5) is 0 Å². The first-order valence-corrected chi connectivity index (χ1v) is 6.99. The number of methoxy groups -OCH3 is 3. The van der Waals surface area contributed by atoms with Gasteiger partial charge in [0.15, 0.2) is 11.5 Å². The number of benzene rings is 1. The first kappa shape index (κ1) is 15.0. The molecule has 0 unspecified atom stereocenters. The molecule has 1 aromatic carbocycles. The molecule has 0 saturated heterocycles. The van der Waals surface area contributed by atoms with Gasteiger partial charge in [-0.05, 0) is 34.8 Å². The van der Waals surface area contributed by atoms with Gasteiger partial charge in [0.25, 0.3) is 0 Å². The van der Waals surface area contributed by atoms with E-state index in [0.717, 1.165) is 18.4 Å². The molecule has 1 aliphatic rings. The molecule has 5 nitrogen and oxygen atoms in total. The molecule has 0 spiro atoms. The van der Waals surface area contributed by atoms with Crippen LogP contribution in [0.2, 0.25) is 0 Å². The van der Waals surface area contributed by atoms with Crippen molar-refractivity contribution in [3.63, 3.8) is 0 Å². The van der Waals surface area contributed by atoms with Crippen LogP contribution < -0.4 is 14.2 Å². The third-order valence-corrected chi connectivity index (χ3v) is 4.41. The lowest BCUT2D eigenvalue weighted by atomic mass is 9.91. The predicted molar refractivity (Wildman–Crippen MR) is 77.0 cm³/mol. The Morgan fingerprint density at radius 3 is 2.25 bits per heavy atom. The molecule has 1 aliphatic carbocycles. The van der Waals surface area contributed by atoms with E-state index in [-0.39, 0.29) is 11.8 Å². The van der Waals surface area contributed by atoms with Crippen molar-refractivity contribution in [2.24, 2.45) is 0 Å². The highest BCUT2D eigenvalue weighted by atomic mass is 79.9. The average molecular weight is 345 g/mol. The van der Waals surface area contributed by atoms with Gasteiger partial charge in [0, 0.05) is 11.0 Å². The molecule has 1 N–H and O–H groups in total. The van der Waals surface area contributed by atoms with E-state index in [1.165, 1.54) is 0 Å². The topological polar surface area (TPSA) is 65.0 Å². The highest BCUT2D eigenvalue weighted by Gasteiger charge is 2.48. The zero-order valence-corrected chi connectivity index (χ0v) is 13.2. The van der Waals surface area contributed by atoms with Crippen LogP contribution in [0.25, 0.3) is 0 Å². The summed E-state index contributed by atoms with van der Waals surface area (Å²) in [5.41, 5.74) is 0.492. The van der Waals surface area contributed by atoms with E-state index in [9.17, 15) is 4.79 Å². The quantitative estimate of drug-likeness (QED) is 0.859. The Balaban J connectivity index is 2.58. The lowest BCUT2D eigenvalue weighted by molar-refractivity contribution is -0.137. The molecular weight excluding hydrogens is 328 g/mol. The second kappa shape index (κ2) is 5.52. The number of hydrogen-bond donors (Lipinski definition) is 1. The SMILES string of the molecule is COc1cc(C2(CC(=O)O)CC2)c(OC)c(Br)c1OC. The normalized spacial score (nSPS) is 15.6. The first-order chi connectivity index (χ1) is 9.49. The molecule has 20 heavy (non-hydrogen) atoms. The van der Waals surface area contributed by atoms with E-state index in [4.69, 9.17) is 19.3 Å². The second-order valence-electron chi connectivity index (χ2n) is 4.86. The summed E-state index contributed by atoms with van der Waals surface area (Å²) >= 11 is 3.45. The molecule has 110 valence electrons. The molecule has 0 aromatic heterocycles. The van der Waals surface area contributed by atoms with Crippen LogP contribution >= 0.6 is 15.9 Å². The van der Waals surface area contributed by atoms with Crippen molar-refractivity contribution in [1.29, 1.82) is 0 Å². The molecule has 1 fully saturated rings. The van der Waals surface area contributed by atoms with Crippen molar-refractivity contribution in [2.45, 2.75) is 24.7 Å². The van der Waals surface area contributed by atoms with Crippen LogP contribution in [0.15, 0.2) is 10.5 Å². The van der Waals surface area contributed by atoms with Crippen LogP contribution in [0.1, 0.15) is 24.8 Å². The lowest BCUT2D eigenvalue weighted by Gasteiger charge is -2.21. The Labute approximate surface area is 126 Å². The van der Waals surface area contributed by atoms with Crippen LogP contribution in [0.5, 0.6) is 17.2 Å². The molecule has 0 radical (unpaired) electrons. The van der Waals surface area contributed by atoms with Gasteiger partial charge in [0.1, 0.15) is 10.2 Å². The summed E-state index contributed by atoms with van der Waals surface area (Å²) in [6, 6.07) is 1.82. The Morgan fingerprint density at radius 1 is 1.25 bits per heavy atom. The van der Waals surface area contributed by atoms with E-state index in [0.29, 0.717) is 21.7 Å². The zero-order valence-electron chi connectivity index (χ0n) is 11.7. The van der Waals surface area contributed by atoms with Gasteiger partial charge in [-0.1, -0.05) is 0 Å². The van der Waals surface area contributed by atoms with E-state index < -0.39 is 5.97 Å². The van der Waals surface area contributed by atoms with E-state index in [1.54, 1.807) is 21.3 Å². The van der Waals surface area contributed by atoms with Gasteiger partial charge < -0.3 is 19.3 Å². The second-order valence-corrected chi connectivity index (χ2v) is 5.65. The maximum Gasteiger partial charge on any atom is 0.304 e. The summed E-state index contributed by atoms with van der Waals surface area (Å²) in [6.45, 7) is 0. The fourth-order valence-corrected chi connectivity index (χ4v) is 3.24. The van der Waals surface area contributed by atoms with Gasteiger partial charge in [0.2, 0.25) is 0 Å². The van der Waals surface area contributed by atoms with Crippen molar-refractivity contribution in [3.05, 3.63) is 16.1 Å².